The molecule has 1 heterocycles. The Morgan fingerprint density at radius 2 is 2.00 bits per heavy atom. The van der Waals surface area contributed by atoms with Gasteiger partial charge in [0.1, 0.15) is 0 Å². The fourth-order valence-electron chi connectivity index (χ4n) is 1.22. The lowest BCUT2D eigenvalue weighted by Gasteiger charge is -2.36. The lowest BCUT2D eigenvalue weighted by molar-refractivity contribution is 0.200. The van der Waals surface area contributed by atoms with Gasteiger partial charge < -0.3 is 4.90 Å². The molecule has 0 aromatic carbocycles. The Morgan fingerprint density at radius 1 is 1.45 bits per heavy atom. The fraction of sp³-hybridized carbons (Fsp3) is 0.889. The van der Waals surface area contributed by atoms with E-state index in [0.29, 0.717) is 0 Å². The lowest BCUT2D eigenvalue weighted by atomic mass is 9.76. The first-order valence-corrected chi connectivity index (χ1v) is 4.11. The third kappa shape index (κ3) is 1.39. The SMILES string of the molecule is CN1C=NC(C)(C(C)(C)C)C1. The Labute approximate surface area is 69.3 Å². The van der Waals surface area contributed by atoms with Crippen LogP contribution >= 0.6 is 0 Å². The van der Waals surface area contributed by atoms with Crippen LogP contribution in [0, 0.1) is 5.41 Å². The summed E-state index contributed by atoms with van der Waals surface area (Å²) in [7, 11) is 2.07. The summed E-state index contributed by atoms with van der Waals surface area (Å²) >= 11 is 0. The number of nitrogens with zero attached hydrogens (tertiary/aromatic N) is 2. The van der Waals surface area contributed by atoms with Crippen LogP contribution in [-0.2, 0) is 0 Å². The van der Waals surface area contributed by atoms with Crippen molar-refractivity contribution in [3.05, 3.63) is 0 Å². The number of rotatable bonds is 0. The van der Waals surface area contributed by atoms with Crippen LogP contribution in [0.25, 0.3) is 0 Å². The summed E-state index contributed by atoms with van der Waals surface area (Å²) in [6.45, 7) is 9.97. The molecule has 1 atom stereocenters. The van der Waals surface area contributed by atoms with Gasteiger partial charge in [0.05, 0.1) is 11.9 Å². The van der Waals surface area contributed by atoms with Gasteiger partial charge in [0.2, 0.25) is 0 Å². The molecule has 1 unspecified atom stereocenters. The van der Waals surface area contributed by atoms with Crippen molar-refractivity contribution in [2.24, 2.45) is 10.4 Å². The van der Waals surface area contributed by atoms with Crippen LogP contribution in [0.3, 0.4) is 0 Å². The standard InChI is InChI=1S/C9H18N2/c1-8(2,3)9(4)6-11(5)7-10-9/h7H,6H2,1-5H3. The normalized spacial score (nSPS) is 31.5. The predicted octanol–water partition coefficient (Wildman–Crippen LogP) is 1.76. The number of hydrogen-bond acceptors (Lipinski definition) is 2. The molecule has 1 aliphatic rings. The molecule has 2 heteroatoms. The molecule has 0 bridgehead atoms. The zero-order valence-electron chi connectivity index (χ0n) is 8.18. The third-order valence-electron chi connectivity index (χ3n) is 2.71. The van der Waals surface area contributed by atoms with Gasteiger partial charge in [0.25, 0.3) is 0 Å². The molecular weight excluding hydrogens is 136 g/mol. The lowest BCUT2D eigenvalue weighted by Crippen LogP contribution is -2.42. The molecule has 2 nitrogen and oxygen atoms in total. The molecule has 0 saturated carbocycles. The highest BCUT2D eigenvalue weighted by Gasteiger charge is 2.40. The number of aliphatic imine (C=N–C) groups is 1. The quantitative estimate of drug-likeness (QED) is 0.519. The van der Waals surface area contributed by atoms with Gasteiger partial charge in [-0.1, -0.05) is 20.8 Å². The van der Waals surface area contributed by atoms with E-state index in [9.17, 15) is 0 Å². The third-order valence-corrected chi connectivity index (χ3v) is 2.71. The van der Waals surface area contributed by atoms with Crippen molar-refractivity contribution in [3.8, 4) is 0 Å². The maximum Gasteiger partial charge on any atom is 0.0855 e. The molecule has 0 aliphatic carbocycles. The minimum Gasteiger partial charge on any atom is -0.364 e. The molecule has 0 spiro atoms. The van der Waals surface area contributed by atoms with Gasteiger partial charge in [0, 0.05) is 13.6 Å². The van der Waals surface area contributed by atoms with Crippen molar-refractivity contribution in [2.75, 3.05) is 13.6 Å². The topological polar surface area (TPSA) is 15.6 Å². The van der Waals surface area contributed by atoms with E-state index < -0.39 is 0 Å². The molecular formula is C9H18N2. The van der Waals surface area contributed by atoms with Crippen LogP contribution in [0.5, 0.6) is 0 Å². The Bertz CT molecular complexity index is 178. The predicted molar refractivity (Wildman–Crippen MR) is 49.0 cm³/mol. The van der Waals surface area contributed by atoms with Crippen molar-refractivity contribution in [3.63, 3.8) is 0 Å². The molecule has 0 amide bonds. The van der Waals surface area contributed by atoms with E-state index in [-0.39, 0.29) is 11.0 Å². The van der Waals surface area contributed by atoms with Gasteiger partial charge in [-0.2, -0.15) is 0 Å². The van der Waals surface area contributed by atoms with Crippen molar-refractivity contribution in [1.82, 2.24) is 4.90 Å². The van der Waals surface area contributed by atoms with E-state index in [1.54, 1.807) is 0 Å². The van der Waals surface area contributed by atoms with E-state index >= 15 is 0 Å². The second-order valence-corrected chi connectivity index (χ2v) is 4.68. The summed E-state index contributed by atoms with van der Waals surface area (Å²) in [5, 5.41) is 0. The molecule has 1 rings (SSSR count). The molecule has 64 valence electrons. The van der Waals surface area contributed by atoms with Gasteiger partial charge >= 0.3 is 0 Å². The largest absolute Gasteiger partial charge is 0.364 e. The van der Waals surface area contributed by atoms with E-state index in [1.165, 1.54) is 0 Å². The molecule has 0 aromatic rings. The first-order valence-electron chi connectivity index (χ1n) is 4.11. The first kappa shape index (κ1) is 8.57. The second-order valence-electron chi connectivity index (χ2n) is 4.68. The Hall–Kier alpha value is -0.530. The van der Waals surface area contributed by atoms with Crippen LogP contribution in [0.2, 0.25) is 0 Å². The first-order chi connectivity index (χ1) is 4.85. The van der Waals surface area contributed by atoms with Crippen LogP contribution in [0.1, 0.15) is 27.7 Å². The zero-order valence-corrected chi connectivity index (χ0v) is 8.18. The highest BCUT2D eigenvalue weighted by atomic mass is 15.2. The number of likely N-dealkylation sites (N-methyl/N-ethyl adjacent to an activating group) is 1. The van der Waals surface area contributed by atoms with Crippen molar-refractivity contribution >= 4 is 6.34 Å². The average molecular weight is 154 g/mol. The summed E-state index contributed by atoms with van der Waals surface area (Å²) < 4.78 is 0. The zero-order chi connectivity index (χ0) is 8.70. The maximum absolute atomic E-state index is 4.52. The van der Waals surface area contributed by atoms with Crippen molar-refractivity contribution in [2.45, 2.75) is 33.2 Å². The van der Waals surface area contributed by atoms with E-state index in [4.69, 9.17) is 0 Å². The Kier molecular flexibility index (Phi) is 1.73. The van der Waals surface area contributed by atoms with Crippen LogP contribution in [0.15, 0.2) is 4.99 Å². The second kappa shape index (κ2) is 2.23. The van der Waals surface area contributed by atoms with Gasteiger partial charge in [0.15, 0.2) is 0 Å². The summed E-state index contributed by atoms with van der Waals surface area (Å²) in [5.41, 5.74) is 0.357. The smallest absolute Gasteiger partial charge is 0.0855 e. The summed E-state index contributed by atoms with van der Waals surface area (Å²) in [6, 6.07) is 0. The van der Waals surface area contributed by atoms with E-state index in [0.717, 1.165) is 6.54 Å². The highest BCUT2D eigenvalue weighted by molar-refractivity contribution is 5.58. The fourth-order valence-corrected chi connectivity index (χ4v) is 1.22. The van der Waals surface area contributed by atoms with Crippen molar-refractivity contribution in [1.29, 1.82) is 0 Å². The molecule has 0 saturated heterocycles. The Balaban J connectivity index is 2.79. The van der Waals surface area contributed by atoms with Gasteiger partial charge in [-0.05, 0) is 12.3 Å². The maximum atomic E-state index is 4.52. The van der Waals surface area contributed by atoms with Gasteiger partial charge in [-0.3, -0.25) is 4.99 Å². The highest BCUT2D eigenvalue weighted by Crippen LogP contribution is 2.35. The molecule has 0 fully saturated rings. The van der Waals surface area contributed by atoms with Gasteiger partial charge in [-0.15, -0.1) is 0 Å². The molecule has 0 aromatic heterocycles. The Morgan fingerprint density at radius 3 is 2.18 bits per heavy atom. The average Bonchev–Trinajstić information content (AvgIpc) is 2.10. The monoisotopic (exact) mass is 154 g/mol. The van der Waals surface area contributed by atoms with Crippen LogP contribution in [0.4, 0.5) is 0 Å². The van der Waals surface area contributed by atoms with Crippen LogP contribution < -0.4 is 0 Å². The van der Waals surface area contributed by atoms with Crippen LogP contribution in [-0.4, -0.2) is 30.4 Å². The number of hydrogen-bond donors (Lipinski definition) is 0. The minimum absolute atomic E-state index is 0.0990. The van der Waals surface area contributed by atoms with Gasteiger partial charge in [-0.25, -0.2) is 0 Å². The summed E-state index contributed by atoms with van der Waals surface area (Å²) in [4.78, 5) is 6.66. The van der Waals surface area contributed by atoms with Crippen molar-refractivity contribution < 1.29 is 0 Å². The summed E-state index contributed by atoms with van der Waals surface area (Å²) in [6.07, 6.45) is 1.94. The molecule has 0 radical (unpaired) electrons. The molecule has 11 heavy (non-hydrogen) atoms. The van der Waals surface area contributed by atoms with E-state index in [2.05, 4.69) is 44.6 Å². The summed E-state index contributed by atoms with van der Waals surface area (Å²) in [5.74, 6) is 0. The minimum atomic E-state index is 0.0990. The molecule has 1 aliphatic heterocycles. The van der Waals surface area contributed by atoms with E-state index in [1.807, 2.05) is 6.34 Å². The molecule has 0 N–H and O–H groups in total.